The highest BCUT2D eigenvalue weighted by atomic mass is 32.1. The molecule has 2 aromatic carbocycles. The molecule has 0 spiro atoms. The van der Waals surface area contributed by atoms with Gasteiger partial charge in [0.1, 0.15) is 17.9 Å². The minimum absolute atomic E-state index is 0.195. The van der Waals surface area contributed by atoms with Gasteiger partial charge in [0.05, 0.1) is 12.1 Å². The third kappa shape index (κ3) is 4.50. The van der Waals surface area contributed by atoms with Crippen molar-refractivity contribution in [2.45, 2.75) is 18.5 Å². The molecule has 0 bridgehead atoms. The Morgan fingerprint density at radius 3 is 2.69 bits per heavy atom. The number of thiophene rings is 1. The topological polar surface area (TPSA) is 32.3 Å². The number of nitrogens with zero attached hydrogens (tertiary/aromatic N) is 1. The molecule has 1 N–H and O–H groups in total. The van der Waals surface area contributed by atoms with Gasteiger partial charge in [-0.05, 0) is 40.8 Å². The summed E-state index contributed by atoms with van der Waals surface area (Å²) in [6, 6.07) is 16.6. The number of nitrogens with one attached hydrogen (secondary N) is 1. The Morgan fingerprint density at radius 1 is 1.14 bits per heavy atom. The first-order valence-electron chi connectivity index (χ1n) is 9.35. The van der Waals surface area contributed by atoms with Gasteiger partial charge in [0.2, 0.25) is 0 Å². The van der Waals surface area contributed by atoms with Gasteiger partial charge >= 0.3 is 0 Å². The number of carbonyl (C=O) groups is 1. The van der Waals surface area contributed by atoms with Gasteiger partial charge in [-0.15, -0.1) is 11.3 Å². The van der Waals surface area contributed by atoms with Crippen LogP contribution in [0.25, 0.3) is 5.57 Å². The van der Waals surface area contributed by atoms with Crippen LogP contribution in [0.15, 0.2) is 72.1 Å². The van der Waals surface area contributed by atoms with E-state index in [4.69, 9.17) is 0 Å². The molecule has 0 amide bonds. The number of hydrazine groups is 1. The first kappa shape index (κ1) is 19.6. The number of benzene rings is 2. The van der Waals surface area contributed by atoms with Gasteiger partial charge in [-0.2, -0.15) is 0 Å². The van der Waals surface area contributed by atoms with Crippen LogP contribution in [0.3, 0.4) is 0 Å². The molecular formula is C23H20F2N2OS. The van der Waals surface area contributed by atoms with Crippen LogP contribution in [0.1, 0.15) is 22.0 Å². The minimum Gasteiger partial charge on any atom is -0.302 e. The summed E-state index contributed by atoms with van der Waals surface area (Å²) in [7, 11) is 0. The summed E-state index contributed by atoms with van der Waals surface area (Å²) in [4.78, 5) is 12.8. The lowest BCUT2D eigenvalue weighted by Gasteiger charge is -2.28. The van der Waals surface area contributed by atoms with E-state index in [9.17, 15) is 13.6 Å². The number of carbonyl (C=O) groups excluding carboxylic acids is 1. The van der Waals surface area contributed by atoms with Crippen molar-refractivity contribution in [1.82, 2.24) is 10.4 Å². The minimum atomic E-state index is -0.478. The van der Waals surface area contributed by atoms with E-state index in [1.54, 1.807) is 11.3 Å². The number of halogens is 2. The Bertz CT molecular complexity index is 1000. The molecule has 148 valence electrons. The Kier molecular flexibility index (Phi) is 5.94. The quantitative estimate of drug-likeness (QED) is 0.569. The maximum Gasteiger partial charge on any atom is 0.138 e. The Hall–Kier alpha value is -2.67. The van der Waals surface area contributed by atoms with E-state index in [1.807, 2.05) is 58.9 Å². The predicted molar refractivity (Wildman–Crippen MR) is 111 cm³/mol. The fraction of sp³-hybridized carbons (Fsp3) is 0.174. The maximum absolute atomic E-state index is 14.4. The second-order valence-corrected chi connectivity index (χ2v) is 7.99. The van der Waals surface area contributed by atoms with Crippen molar-refractivity contribution >= 4 is 23.2 Å². The zero-order chi connectivity index (χ0) is 20.2. The second-order valence-electron chi connectivity index (χ2n) is 6.95. The van der Waals surface area contributed by atoms with Crippen molar-refractivity contribution < 1.29 is 13.6 Å². The molecule has 2 atom stereocenters. The second kappa shape index (κ2) is 8.78. The summed E-state index contributed by atoms with van der Waals surface area (Å²) >= 11 is 1.60. The molecule has 6 heteroatoms. The number of hydrogen-bond acceptors (Lipinski definition) is 4. The fourth-order valence-electron chi connectivity index (χ4n) is 3.57. The first-order chi connectivity index (χ1) is 14.1. The highest BCUT2D eigenvalue weighted by molar-refractivity contribution is 7.09. The fourth-order valence-corrected chi connectivity index (χ4v) is 4.33. The molecule has 0 aliphatic carbocycles. The highest BCUT2D eigenvalue weighted by Crippen LogP contribution is 2.34. The van der Waals surface area contributed by atoms with Crippen LogP contribution in [0, 0.1) is 11.6 Å². The monoisotopic (exact) mass is 410 g/mol. The molecule has 2 unspecified atom stereocenters. The molecule has 0 saturated heterocycles. The maximum atomic E-state index is 14.4. The van der Waals surface area contributed by atoms with Crippen molar-refractivity contribution in [3.63, 3.8) is 0 Å². The molecule has 2 heterocycles. The molecule has 29 heavy (non-hydrogen) atoms. The van der Waals surface area contributed by atoms with Crippen molar-refractivity contribution in [3.05, 3.63) is 99.8 Å². The van der Waals surface area contributed by atoms with Crippen molar-refractivity contribution in [2.75, 3.05) is 6.54 Å². The highest BCUT2D eigenvalue weighted by Gasteiger charge is 2.30. The predicted octanol–water partition coefficient (Wildman–Crippen LogP) is 4.78. The van der Waals surface area contributed by atoms with Crippen molar-refractivity contribution in [1.29, 1.82) is 0 Å². The van der Waals surface area contributed by atoms with Gasteiger partial charge in [0.15, 0.2) is 0 Å². The molecule has 1 aliphatic heterocycles. The average Bonchev–Trinajstić information content (AvgIpc) is 3.40. The number of hydrogen-bond donors (Lipinski definition) is 1. The molecule has 1 aliphatic rings. The summed E-state index contributed by atoms with van der Waals surface area (Å²) in [5.41, 5.74) is 5.23. The van der Waals surface area contributed by atoms with Crippen LogP contribution < -0.4 is 5.43 Å². The van der Waals surface area contributed by atoms with E-state index in [0.29, 0.717) is 18.5 Å². The molecule has 3 nitrogen and oxygen atoms in total. The third-order valence-corrected chi connectivity index (χ3v) is 5.85. The van der Waals surface area contributed by atoms with E-state index in [1.165, 1.54) is 6.07 Å². The summed E-state index contributed by atoms with van der Waals surface area (Å²) in [5, 5.41) is 3.90. The smallest absolute Gasteiger partial charge is 0.138 e. The van der Waals surface area contributed by atoms with Crippen LogP contribution in [0.5, 0.6) is 0 Å². The molecule has 0 saturated carbocycles. The lowest BCUT2D eigenvalue weighted by Crippen LogP contribution is -2.46. The summed E-state index contributed by atoms with van der Waals surface area (Å²) in [5.74, 6) is -0.940. The number of rotatable bonds is 7. The van der Waals surface area contributed by atoms with Crippen molar-refractivity contribution in [3.8, 4) is 0 Å². The van der Waals surface area contributed by atoms with Crippen LogP contribution >= 0.6 is 11.3 Å². The standard InChI is InChI=1S/C23H20F2N2OS/c24-18-8-9-22(25)21(12-18)17-11-23(16-5-2-1-3-6-16)27(14-17)26-19(15-28)13-20-7-4-10-29-20/h1-12,15,19,23,26H,13-14H2. The van der Waals surface area contributed by atoms with Crippen LogP contribution in [-0.2, 0) is 11.2 Å². The van der Waals surface area contributed by atoms with Gasteiger partial charge in [0, 0.05) is 23.4 Å². The lowest BCUT2D eigenvalue weighted by molar-refractivity contribution is -0.110. The first-order valence-corrected chi connectivity index (χ1v) is 10.2. The summed E-state index contributed by atoms with van der Waals surface area (Å²) in [6.07, 6.45) is 3.39. The molecule has 0 radical (unpaired) electrons. The SMILES string of the molecule is O=CC(Cc1cccs1)NN1CC(c2cc(F)ccc2F)=CC1c1ccccc1. The molecule has 4 rings (SSSR count). The summed E-state index contributed by atoms with van der Waals surface area (Å²) in [6.45, 7) is 0.356. The van der Waals surface area contributed by atoms with E-state index in [2.05, 4.69) is 5.43 Å². The van der Waals surface area contributed by atoms with Gasteiger partial charge in [-0.3, -0.25) is 0 Å². The van der Waals surface area contributed by atoms with E-state index < -0.39 is 17.7 Å². The zero-order valence-corrected chi connectivity index (χ0v) is 16.4. The van der Waals surface area contributed by atoms with Crippen LogP contribution in [0.2, 0.25) is 0 Å². The number of aldehydes is 1. The molecular weight excluding hydrogens is 390 g/mol. The Morgan fingerprint density at radius 2 is 1.97 bits per heavy atom. The molecule has 3 aromatic rings. The largest absolute Gasteiger partial charge is 0.302 e. The normalized spacial score (nSPS) is 17.9. The summed E-state index contributed by atoms with van der Waals surface area (Å²) < 4.78 is 28.1. The van der Waals surface area contributed by atoms with Crippen LogP contribution in [-0.4, -0.2) is 23.9 Å². The Balaban J connectivity index is 1.62. The van der Waals surface area contributed by atoms with Gasteiger partial charge in [0.25, 0.3) is 0 Å². The van der Waals surface area contributed by atoms with E-state index in [-0.39, 0.29) is 11.6 Å². The van der Waals surface area contributed by atoms with Gasteiger partial charge in [-0.1, -0.05) is 42.5 Å². The lowest BCUT2D eigenvalue weighted by atomic mass is 10.0. The Labute approximate surface area is 172 Å². The average molecular weight is 410 g/mol. The van der Waals surface area contributed by atoms with Gasteiger partial charge in [-0.25, -0.2) is 19.2 Å². The van der Waals surface area contributed by atoms with Crippen LogP contribution in [0.4, 0.5) is 8.78 Å². The van der Waals surface area contributed by atoms with E-state index >= 15 is 0 Å². The van der Waals surface area contributed by atoms with Crippen molar-refractivity contribution in [2.24, 2.45) is 0 Å². The molecule has 0 fully saturated rings. The molecule has 1 aromatic heterocycles. The zero-order valence-electron chi connectivity index (χ0n) is 15.6. The third-order valence-electron chi connectivity index (χ3n) is 4.95. The van der Waals surface area contributed by atoms with Gasteiger partial charge < -0.3 is 4.79 Å². The van der Waals surface area contributed by atoms with E-state index in [0.717, 1.165) is 28.9 Å².